The van der Waals surface area contributed by atoms with Gasteiger partial charge in [0, 0.05) is 5.56 Å². The summed E-state index contributed by atoms with van der Waals surface area (Å²) in [6, 6.07) is 18.6. The van der Waals surface area contributed by atoms with Gasteiger partial charge in [0.15, 0.2) is 0 Å². The molecule has 3 aromatic carbocycles. The topological polar surface area (TPSA) is 61.6 Å². The number of amides is 1. The summed E-state index contributed by atoms with van der Waals surface area (Å²) in [5.41, 5.74) is 6.01. The van der Waals surface area contributed by atoms with Gasteiger partial charge >= 0.3 is 6.18 Å². The predicted molar refractivity (Wildman–Crippen MR) is 125 cm³/mol. The number of alkyl halides is 3. The second kappa shape index (κ2) is 11.6. The van der Waals surface area contributed by atoms with E-state index in [1.807, 2.05) is 12.1 Å². The third-order valence-electron chi connectivity index (χ3n) is 5.41. The van der Waals surface area contributed by atoms with Crippen molar-refractivity contribution in [1.82, 2.24) is 0 Å². The molecule has 1 amide bonds. The molecule has 1 unspecified atom stereocenters. The highest BCUT2D eigenvalue weighted by Gasteiger charge is 2.30. The summed E-state index contributed by atoms with van der Waals surface area (Å²) in [5.74, 6) is 0.956. The number of hydrogen-bond acceptors (Lipinski definition) is 3. The van der Waals surface area contributed by atoms with E-state index >= 15 is 0 Å². The van der Waals surface area contributed by atoms with Crippen molar-refractivity contribution in [2.45, 2.75) is 51.3 Å². The Morgan fingerprint density at radius 2 is 1.38 bits per heavy atom. The Morgan fingerprint density at radius 1 is 0.824 bits per heavy atom. The van der Waals surface area contributed by atoms with Crippen LogP contribution in [0.1, 0.15) is 66.6 Å². The van der Waals surface area contributed by atoms with E-state index in [0.717, 1.165) is 49.8 Å². The van der Waals surface area contributed by atoms with Crippen molar-refractivity contribution in [2.75, 3.05) is 0 Å². The molecule has 0 fully saturated rings. The summed E-state index contributed by atoms with van der Waals surface area (Å²) in [6.45, 7) is 2.16. The number of halogens is 3. The summed E-state index contributed by atoms with van der Waals surface area (Å²) in [6.07, 6.45) is 0.647. The van der Waals surface area contributed by atoms with Crippen molar-refractivity contribution in [2.24, 2.45) is 5.73 Å². The Balaban J connectivity index is 1.67. The maximum absolute atomic E-state index is 12.7. The maximum atomic E-state index is 12.7. The van der Waals surface area contributed by atoms with E-state index < -0.39 is 17.6 Å². The summed E-state index contributed by atoms with van der Waals surface area (Å²) in [5, 5.41) is 0. The van der Waals surface area contributed by atoms with Gasteiger partial charge in [-0.25, -0.2) is 0 Å². The molecule has 3 rings (SSSR count). The maximum Gasteiger partial charge on any atom is 0.416 e. The van der Waals surface area contributed by atoms with Gasteiger partial charge in [-0.2, -0.15) is 13.2 Å². The number of carbonyl (C=O) groups excluding carboxylic acids is 1. The number of benzene rings is 3. The van der Waals surface area contributed by atoms with E-state index in [1.165, 1.54) is 12.1 Å². The number of rotatable bonds is 11. The van der Waals surface area contributed by atoms with Crippen molar-refractivity contribution in [3.05, 3.63) is 89.5 Å². The Morgan fingerprint density at radius 3 is 1.91 bits per heavy atom. The van der Waals surface area contributed by atoms with Crippen LogP contribution in [0.4, 0.5) is 13.2 Å². The van der Waals surface area contributed by atoms with Gasteiger partial charge in [0.1, 0.15) is 23.4 Å². The van der Waals surface area contributed by atoms with E-state index in [0.29, 0.717) is 22.8 Å². The molecule has 0 saturated carbocycles. The minimum Gasteiger partial charge on any atom is -0.486 e. The zero-order valence-corrected chi connectivity index (χ0v) is 19.0. The van der Waals surface area contributed by atoms with Crippen LogP contribution in [0.15, 0.2) is 72.8 Å². The first kappa shape index (κ1) is 25.1. The van der Waals surface area contributed by atoms with Crippen LogP contribution in [-0.4, -0.2) is 5.91 Å². The monoisotopic (exact) mass is 471 g/mol. The molecule has 0 spiro atoms. The number of primary amides is 1. The molecule has 180 valence electrons. The molecular formula is C27H28F3NO3. The first-order valence-electron chi connectivity index (χ1n) is 11.3. The Bertz CT molecular complexity index is 1050. The Labute approximate surface area is 197 Å². The highest BCUT2D eigenvalue weighted by Crippen LogP contribution is 2.32. The molecule has 0 aliphatic carbocycles. The van der Waals surface area contributed by atoms with Gasteiger partial charge in [0.2, 0.25) is 5.91 Å². The molecule has 3 aromatic rings. The highest BCUT2D eigenvalue weighted by atomic mass is 19.4. The van der Waals surface area contributed by atoms with Crippen LogP contribution >= 0.6 is 0 Å². The molecule has 0 heterocycles. The molecule has 4 nitrogen and oxygen atoms in total. The molecule has 1 atom stereocenters. The third-order valence-corrected chi connectivity index (χ3v) is 5.41. The molecule has 0 aliphatic rings. The van der Waals surface area contributed by atoms with E-state index in [-0.39, 0.29) is 6.10 Å². The predicted octanol–water partition coefficient (Wildman–Crippen LogP) is 7.69. The van der Waals surface area contributed by atoms with E-state index in [4.69, 9.17) is 15.2 Å². The van der Waals surface area contributed by atoms with Gasteiger partial charge < -0.3 is 15.2 Å². The van der Waals surface area contributed by atoms with Crippen molar-refractivity contribution >= 4 is 5.91 Å². The van der Waals surface area contributed by atoms with Crippen LogP contribution < -0.4 is 15.2 Å². The van der Waals surface area contributed by atoms with Crippen molar-refractivity contribution in [1.29, 1.82) is 0 Å². The van der Waals surface area contributed by atoms with Crippen LogP contribution in [0.3, 0.4) is 0 Å². The second-order valence-electron chi connectivity index (χ2n) is 8.04. The number of carbonyl (C=O) groups is 1. The molecule has 0 bridgehead atoms. The first-order valence-corrected chi connectivity index (χ1v) is 11.3. The average molecular weight is 472 g/mol. The molecule has 0 saturated heterocycles. The first-order chi connectivity index (χ1) is 16.3. The Hall–Kier alpha value is -3.48. The van der Waals surface area contributed by atoms with Gasteiger partial charge in [-0.05, 0) is 79.1 Å². The molecular weight excluding hydrogens is 443 g/mol. The normalized spacial score (nSPS) is 12.2. The SMILES string of the molecule is CCCCCCC(Oc1ccc(Oc2ccc(C(F)(F)F)cc2)cc1)c1ccc(C(N)=O)cc1. The highest BCUT2D eigenvalue weighted by molar-refractivity contribution is 5.92. The van der Waals surface area contributed by atoms with Crippen molar-refractivity contribution < 1.29 is 27.4 Å². The lowest BCUT2D eigenvalue weighted by molar-refractivity contribution is -0.137. The van der Waals surface area contributed by atoms with Gasteiger partial charge in [-0.1, -0.05) is 38.3 Å². The zero-order valence-electron chi connectivity index (χ0n) is 19.0. The fraction of sp³-hybridized carbons (Fsp3) is 0.296. The molecule has 34 heavy (non-hydrogen) atoms. The van der Waals surface area contributed by atoms with Gasteiger partial charge in [-0.15, -0.1) is 0 Å². The molecule has 0 aliphatic heterocycles. The average Bonchev–Trinajstić information content (AvgIpc) is 2.82. The smallest absolute Gasteiger partial charge is 0.416 e. The molecule has 2 N–H and O–H groups in total. The standard InChI is InChI=1S/C27H28F3NO3/c1-2-3-4-5-6-25(19-7-9-20(10-8-19)26(31)32)34-24-17-15-23(16-18-24)33-22-13-11-21(12-14-22)27(28,29)30/h7-18,25H,2-6H2,1H3,(H2,31,32). The van der Waals surface area contributed by atoms with Crippen LogP contribution in [0.2, 0.25) is 0 Å². The third kappa shape index (κ3) is 7.27. The van der Waals surface area contributed by atoms with Gasteiger partial charge in [0.05, 0.1) is 5.56 Å². The van der Waals surface area contributed by atoms with Gasteiger partial charge in [-0.3, -0.25) is 4.79 Å². The fourth-order valence-electron chi connectivity index (χ4n) is 3.51. The fourth-order valence-corrected chi connectivity index (χ4v) is 3.51. The molecule has 7 heteroatoms. The van der Waals surface area contributed by atoms with E-state index in [1.54, 1.807) is 36.4 Å². The molecule has 0 aromatic heterocycles. The Kier molecular flexibility index (Phi) is 8.57. The zero-order chi connectivity index (χ0) is 24.6. The number of nitrogens with two attached hydrogens (primary N) is 1. The van der Waals surface area contributed by atoms with Crippen LogP contribution in [-0.2, 0) is 6.18 Å². The minimum atomic E-state index is -4.38. The second-order valence-corrected chi connectivity index (χ2v) is 8.04. The van der Waals surface area contributed by atoms with Crippen molar-refractivity contribution in [3.8, 4) is 17.2 Å². The summed E-state index contributed by atoms with van der Waals surface area (Å²) in [4.78, 5) is 11.4. The quantitative estimate of drug-likeness (QED) is 0.292. The summed E-state index contributed by atoms with van der Waals surface area (Å²) >= 11 is 0. The van der Waals surface area contributed by atoms with Crippen LogP contribution in [0.5, 0.6) is 17.2 Å². The number of hydrogen-bond donors (Lipinski definition) is 1. The lowest BCUT2D eigenvalue weighted by Gasteiger charge is -2.20. The van der Waals surface area contributed by atoms with E-state index in [2.05, 4.69) is 6.92 Å². The largest absolute Gasteiger partial charge is 0.486 e. The minimum absolute atomic E-state index is 0.194. The lowest BCUT2D eigenvalue weighted by atomic mass is 10.0. The van der Waals surface area contributed by atoms with Crippen LogP contribution in [0.25, 0.3) is 0 Å². The number of ether oxygens (including phenoxy) is 2. The lowest BCUT2D eigenvalue weighted by Crippen LogP contribution is -2.12. The molecule has 0 radical (unpaired) electrons. The number of unbranched alkanes of at least 4 members (excludes halogenated alkanes) is 3. The van der Waals surface area contributed by atoms with Gasteiger partial charge in [0.25, 0.3) is 0 Å². The van der Waals surface area contributed by atoms with E-state index in [9.17, 15) is 18.0 Å². The van der Waals surface area contributed by atoms with Crippen molar-refractivity contribution in [3.63, 3.8) is 0 Å². The summed E-state index contributed by atoms with van der Waals surface area (Å²) in [7, 11) is 0. The van der Waals surface area contributed by atoms with Crippen LogP contribution in [0, 0.1) is 0 Å². The summed E-state index contributed by atoms with van der Waals surface area (Å²) < 4.78 is 50.0.